The van der Waals surface area contributed by atoms with Crippen LogP contribution >= 0.6 is 15.9 Å². The number of amides is 1. The van der Waals surface area contributed by atoms with Gasteiger partial charge in [0.05, 0.1) is 0 Å². The zero-order valence-electron chi connectivity index (χ0n) is 5.43. The number of hydrogen-bond donors (Lipinski definition) is 0. The number of carbonyl (C=O) groups is 1. The number of likely N-dealkylation sites (tertiary alicyclic amines) is 1. The molecule has 1 heterocycles. The Morgan fingerprint density at radius 2 is 2.56 bits per heavy atom. The van der Waals surface area contributed by atoms with Crippen LogP contribution in [0.1, 0.15) is 6.42 Å². The van der Waals surface area contributed by atoms with Gasteiger partial charge in [-0.25, -0.2) is 0 Å². The molecule has 1 aliphatic rings. The molecule has 3 heteroatoms. The van der Waals surface area contributed by atoms with Gasteiger partial charge in [0.2, 0.25) is 5.91 Å². The predicted octanol–water partition coefficient (Wildman–Crippen LogP) is 0.860. The van der Waals surface area contributed by atoms with Crippen LogP contribution < -0.4 is 0 Å². The summed E-state index contributed by atoms with van der Waals surface area (Å²) >= 11 is 3.35. The SMILES string of the molecule is CN1C[C@@H](CBr)CC1=O. The second-order valence-electron chi connectivity index (χ2n) is 2.50. The Kier molecular flexibility index (Phi) is 2.11. The summed E-state index contributed by atoms with van der Waals surface area (Å²) in [6.07, 6.45) is 0.724. The van der Waals surface area contributed by atoms with Gasteiger partial charge in [-0.1, -0.05) is 15.9 Å². The highest BCUT2D eigenvalue weighted by atomic mass is 79.9. The summed E-state index contributed by atoms with van der Waals surface area (Å²) < 4.78 is 0. The summed E-state index contributed by atoms with van der Waals surface area (Å²) in [4.78, 5) is 12.6. The molecule has 0 aromatic carbocycles. The second kappa shape index (κ2) is 2.69. The monoisotopic (exact) mass is 191 g/mol. The molecule has 0 saturated carbocycles. The molecule has 1 fully saturated rings. The van der Waals surface area contributed by atoms with E-state index in [1.54, 1.807) is 4.90 Å². The maximum atomic E-state index is 10.8. The molecule has 0 unspecified atom stereocenters. The number of halogens is 1. The smallest absolute Gasteiger partial charge is 0.222 e. The standard InChI is InChI=1S/C6H10BrNO/c1-8-4-5(3-7)2-6(8)9/h5H,2-4H2,1H3/t5-/m1/s1. The molecule has 0 radical (unpaired) electrons. The first kappa shape index (κ1) is 7.06. The zero-order valence-corrected chi connectivity index (χ0v) is 7.02. The van der Waals surface area contributed by atoms with Crippen molar-refractivity contribution in [2.24, 2.45) is 5.92 Å². The lowest BCUT2D eigenvalue weighted by molar-refractivity contribution is -0.126. The van der Waals surface area contributed by atoms with Gasteiger partial charge in [-0.3, -0.25) is 4.79 Å². The first-order valence-corrected chi connectivity index (χ1v) is 4.16. The van der Waals surface area contributed by atoms with Crippen LogP contribution in [0.15, 0.2) is 0 Å². The largest absolute Gasteiger partial charge is 0.345 e. The van der Waals surface area contributed by atoms with Crippen molar-refractivity contribution >= 4 is 21.8 Å². The van der Waals surface area contributed by atoms with Gasteiger partial charge in [0, 0.05) is 25.3 Å². The number of rotatable bonds is 1. The van der Waals surface area contributed by atoms with Gasteiger partial charge in [0.15, 0.2) is 0 Å². The van der Waals surface area contributed by atoms with Gasteiger partial charge in [-0.15, -0.1) is 0 Å². The third kappa shape index (κ3) is 1.45. The van der Waals surface area contributed by atoms with Crippen LogP contribution in [0.2, 0.25) is 0 Å². The normalized spacial score (nSPS) is 27.6. The van der Waals surface area contributed by atoms with E-state index in [9.17, 15) is 4.79 Å². The van der Waals surface area contributed by atoms with E-state index in [1.165, 1.54) is 0 Å². The fraction of sp³-hybridized carbons (Fsp3) is 0.833. The van der Waals surface area contributed by atoms with Crippen LogP contribution in [-0.4, -0.2) is 29.7 Å². The fourth-order valence-electron chi connectivity index (χ4n) is 1.06. The zero-order chi connectivity index (χ0) is 6.85. The third-order valence-electron chi connectivity index (χ3n) is 1.64. The van der Waals surface area contributed by atoms with Crippen LogP contribution in [0.4, 0.5) is 0 Å². The van der Waals surface area contributed by atoms with Crippen LogP contribution in [0.3, 0.4) is 0 Å². The predicted molar refractivity (Wildman–Crippen MR) is 39.5 cm³/mol. The Balaban J connectivity index is 2.44. The van der Waals surface area contributed by atoms with Crippen molar-refractivity contribution < 1.29 is 4.79 Å². The van der Waals surface area contributed by atoms with Crippen molar-refractivity contribution in [1.29, 1.82) is 0 Å². The lowest BCUT2D eigenvalue weighted by Gasteiger charge is -2.06. The molecule has 0 aromatic rings. The lowest BCUT2D eigenvalue weighted by atomic mass is 10.2. The molecule has 1 aliphatic heterocycles. The molecule has 1 amide bonds. The molecule has 1 atom stereocenters. The van der Waals surface area contributed by atoms with Crippen molar-refractivity contribution in [1.82, 2.24) is 4.90 Å². The summed E-state index contributed by atoms with van der Waals surface area (Å²) in [5.41, 5.74) is 0. The molecule has 0 spiro atoms. The van der Waals surface area contributed by atoms with E-state index in [0.29, 0.717) is 5.92 Å². The molecule has 9 heavy (non-hydrogen) atoms. The highest BCUT2D eigenvalue weighted by molar-refractivity contribution is 9.09. The maximum absolute atomic E-state index is 10.8. The van der Waals surface area contributed by atoms with Crippen LogP contribution in [-0.2, 0) is 4.79 Å². The van der Waals surface area contributed by atoms with Crippen molar-refractivity contribution in [2.75, 3.05) is 18.9 Å². The Bertz CT molecular complexity index is 126. The summed E-state index contributed by atoms with van der Waals surface area (Å²) in [7, 11) is 1.85. The molecule has 0 aliphatic carbocycles. The van der Waals surface area contributed by atoms with E-state index < -0.39 is 0 Å². The molecule has 0 aromatic heterocycles. The Morgan fingerprint density at radius 1 is 1.89 bits per heavy atom. The molecule has 52 valence electrons. The molecule has 1 saturated heterocycles. The van der Waals surface area contributed by atoms with Crippen molar-refractivity contribution in [3.05, 3.63) is 0 Å². The highest BCUT2D eigenvalue weighted by Crippen LogP contribution is 2.17. The van der Waals surface area contributed by atoms with Gasteiger partial charge < -0.3 is 4.90 Å². The van der Waals surface area contributed by atoms with Crippen molar-refractivity contribution in [3.8, 4) is 0 Å². The Morgan fingerprint density at radius 3 is 2.78 bits per heavy atom. The van der Waals surface area contributed by atoms with Crippen LogP contribution in [0, 0.1) is 5.92 Å². The molecule has 0 bridgehead atoms. The van der Waals surface area contributed by atoms with Crippen molar-refractivity contribution in [3.63, 3.8) is 0 Å². The summed E-state index contributed by atoms with van der Waals surface area (Å²) in [6.45, 7) is 0.921. The molecular formula is C6H10BrNO. The van der Waals surface area contributed by atoms with Gasteiger partial charge >= 0.3 is 0 Å². The topological polar surface area (TPSA) is 20.3 Å². The van der Waals surface area contributed by atoms with E-state index in [1.807, 2.05) is 7.05 Å². The highest BCUT2D eigenvalue weighted by Gasteiger charge is 2.25. The van der Waals surface area contributed by atoms with Gasteiger partial charge in [-0.05, 0) is 5.92 Å². The fourth-order valence-corrected chi connectivity index (χ4v) is 1.49. The van der Waals surface area contributed by atoms with Crippen LogP contribution in [0.5, 0.6) is 0 Å². The number of carbonyl (C=O) groups excluding carboxylic acids is 1. The molecule has 2 nitrogen and oxygen atoms in total. The lowest BCUT2D eigenvalue weighted by Crippen LogP contribution is -2.19. The van der Waals surface area contributed by atoms with Gasteiger partial charge in [-0.2, -0.15) is 0 Å². The number of nitrogens with zero attached hydrogens (tertiary/aromatic N) is 1. The van der Waals surface area contributed by atoms with E-state index in [-0.39, 0.29) is 5.91 Å². The van der Waals surface area contributed by atoms with Gasteiger partial charge in [0.1, 0.15) is 0 Å². The second-order valence-corrected chi connectivity index (χ2v) is 3.15. The van der Waals surface area contributed by atoms with Gasteiger partial charge in [0.25, 0.3) is 0 Å². The average molecular weight is 192 g/mol. The Hall–Kier alpha value is -0.0500. The number of hydrogen-bond acceptors (Lipinski definition) is 1. The summed E-state index contributed by atoms with van der Waals surface area (Å²) in [6, 6.07) is 0. The first-order valence-electron chi connectivity index (χ1n) is 3.04. The molecule has 0 N–H and O–H groups in total. The summed E-state index contributed by atoms with van der Waals surface area (Å²) in [5.74, 6) is 0.821. The van der Waals surface area contributed by atoms with Crippen LogP contribution in [0.25, 0.3) is 0 Å². The van der Waals surface area contributed by atoms with E-state index in [0.717, 1.165) is 18.3 Å². The molecular weight excluding hydrogens is 182 g/mol. The quantitative estimate of drug-likeness (QED) is 0.564. The Labute approximate surface area is 63.3 Å². The average Bonchev–Trinajstić information content (AvgIpc) is 2.13. The first-order chi connectivity index (χ1) is 4.24. The van der Waals surface area contributed by atoms with Crippen molar-refractivity contribution in [2.45, 2.75) is 6.42 Å². The summed E-state index contributed by atoms with van der Waals surface area (Å²) in [5, 5.41) is 0.948. The van der Waals surface area contributed by atoms with E-state index in [2.05, 4.69) is 15.9 Å². The minimum atomic E-state index is 0.277. The van der Waals surface area contributed by atoms with E-state index in [4.69, 9.17) is 0 Å². The molecule has 1 rings (SSSR count). The minimum absolute atomic E-state index is 0.277. The maximum Gasteiger partial charge on any atom is 0.222 e. The van der Waals surface area contributed by atoms with E-state index >= 15 is 0 Å². The number of alkyl halides is 1. The third-order valence-corrected chi connectivity index (χ3v) is 2.56. The minimum Gasteiger partial charge on any atom is -0.345 e.